The summed E-state index contributed by atoms with van der Waals surface area (Å²) in [5.74, 6) is 0.796. The molecule has 0 aromatic rings. The molecule has 0 amide bonds. The maximum absolute atomic E-state index is 3.73. The predicted molar refractivity (Wildman–Crippen MR) is 84.5 cm³/mol. The lowest BCUT2D eigenvalue weighted by molar-refractivity contribution is 0.0836. The largest absolute Gasteiger partial charge is 0.301 e. The third kappa shape index (κ3) is 4.82. The summed E-state index contributed by atoms with van der Waals surface area (Å²) in [5.41, 5.74) is 0.486. The van der Waals surface area contributed by atoms with Gasteiger partial charge in [0.1, 0.15) is 0 Å². The van der Waals surface area contributed by atoms with Crippen LogP contribution in [-0.2, 0) is 0 Å². The monoisotopic (exact) mass is 318 g/mol. The van der Waals surface area contributed by atoms with Gasteiger partial charge in [-0.15, -0.1) is 0 Å². The topological polar surface area (TPSA) is 6.48 Å². The van der Waals surface area contributed by atoms with E-state index in [9.17, 15) is 0 Å². The van der Waals surface area contributed by atoms with Crippen molar-refractivity contribution in [1.29, 1.82) is 0 Å². The summed E-state index contributed by atoms with van der Waals surface area (Å²) in [6.07, 6.45) is 2.56. The Bertz CT molecular complexity index is 210. The zero-order chi connectivity index (χ0) is 13.6. The van der Waals surface area contributed by atoms with E-state index < -0.39 is 0 Å². The molecule has 0 N–H and O–H groups in total. The quantitative estimate of drug-likeness (QED) is 0.663. The van der Waals surface area contributed by atoms with Crippen LogP contribution in [0.5, 0.6) is 0 Å². The Balaban J connectivity index is 2.38. The van der Waals surface area contributed by atoms with E-state index in [0.717, 1.165) is 11.2 Å². The van der Waals surface area contributed by atoms with Gasteiger partial charge in [0.2, 0.25) is 0 Å². The SMILES string of the molecule is CCC(CC)(CBr)CN1CCN(CC(C)C)CC1. The molecule has 0 spiro atoms. The molecule has 1 rings (SSSR count). The first-order valence-corrected chi connectivity index (χ1v) is 8.68. The second kappa shape index (κ2) is 7.86. The fraction of sp³-hybridized carbons (Fsp3) is 1.00. The van der Waals surface area contributed by atoms with Crippen LogP contribution >= 0.6 is 15.9 Å². The molecular weight excluding hydrogens is 288 g/mol. The van der Waals surface area contributed by atoms with Crippen LogP contribution in [0.4, 0.5) is 0 Å². The molecule has 2 nitrogen and oxygen atoms in total. The Morgan fingerprint density at radius 1 is 1.00 bits per heavy atom. The third-order valence-corrected chi connectivity index (χ3v) is 5.62. The van der Waals surface area contributed by atoms with Crippen molar-refractivity contribution in [2.75, 3.05) is 44.6 Å². The van der Waals surface area contributed by atoms with Gasteiger partial charge in [-0.25, -0.2) is 0 Å². The number of halogens is 1. The molecule has 1 saturated heterocycles. The van der Waals surface area contributed by atoms with Crippen molar-refractivity contribution in [1.82, 2.24) is 9.80 Å². The number of rotatable bonds is 7. The molecule has 1 heterocycles. The van der Waals surface area contributed by atoms with Crippen molar-refractivity contribution in [2.24, 2.45) is 11.3 Å². The molecule has 0 aliphatic carbocycles. The van der Waals surface area contributed by atoms with Gasteiger partial charge in [0.05, 0.1) is 0 Å². The van der Waals surface area contributed by atoms with Gasteiger partial charge >= 0.3 is 0 Å². The molecule has 1 aliphatic heterocycles. The minimum atomic E-state index is 0.486. The molecule has 1 aliphatic rings. The summed E-state index contributed by atoms with van der Waals surface area (Å²) in [6, 6.07) is 0. The van der Waals surface area contributed by atoms with Crippen LogP contribution in [0, 0.1) is 11.3 Å². The minimum absolute atomic E-state index is 0.486. The fourth-order valence-corrected chi connectivity index (χ4v) is 3.80. The molecule has 0 radical (unpaired) electrons. The van der Waals surface area contributed by atoms with Crippen LogP contribution in [0.1, 0.15) is 40.5 Å². The Hall–Kier alpha value is 0.400. The summed E-state index contributed by atoms with van der Waals surface area (Å²) in [6.45, 7) is 16.8. The summed E-state index contributed by atoms with van der Waals surface area (Å²) >= 11 is 3.73. The maximum Gasteiger partial charge on any atom is 0.0110 e. The van der Waals surface area contributed by atoms with Gasteiger partial charge in [-0.3, -0.25) is 0 Å². The Morgan fingerprint density at radius 3 is 1.89 bits per heavy atom. The van der Waals surface area contributed by atoms with Crippen LogP contribution < -0.4 is 0 Å². The Morgan fingerprint density at radius 2 is 1.50 bits per heavy atom. The maximum atomic E-state index is 3.73. The van der Waals surface area contributed by atoms with Crippen LogP contribution in [0.15, 0.2) is 0 Å². The molecule has 0 saturated carbocycles. The van der Waals surface area contributed by atoms with Crippen LogP contribution in [-0.4, -0.2) is 54.4 Å². The van der Waals surface area contributed by atoms with E-state index in [2.05, 4.69) is 53.4 Å². The number of nitrogens with zero attached hydrogens (tertiary/aromatic N) is 2. The molecular formula is C15H31BrN2. The summed E-state index contributed by atoms with van der Waals surface area (Å²) in [5, 5.41) is 1.14. The lowest BCUT2D eigenvalue weighted by Gasteiger charge is -2.41. The van der Waals surface area contributed by atoms with Crippen molar-refractivity contribution in [3.05, 3.63) is 0 Å². The smallest absolute Gasteiger partial charge is 0.0110 e. The second-order valence-electron chi connectivity index (χ2n) is 6.31. The molecule has 1 fully saturated rings. The van der Waals surface area contributed by atoms with E-state index in [1.807, 2.05) is 0 Å². The lowest BCUT2D eigenvalue weighted by atomic mass is 9.84. The molecule has 0 aromatic carbocycles. The molecule has 0 bridgehead atoms. The molecule has 3 heteroatoms. The van der Waals surface area contributed by atoms with Crippen LogP contribution in [0.2, 0.25) is 0 Å². The number of hydrogen-bond acceptors (Lipinski definition) is 2. The van der Waals surface area contributed by atoms with Crippen molar-refractivity contribution < 1.29 is 0 Å². The van der Waals surface area contributed by atoms with Crippen molar-refractivity contribution in [3.63, 3.8) is 0 Å². The summed E-state index contributed by atoms with van der Waals surface area (Å²) in [4.78, 5) is 5.29. The van der Waals surface area contributed by atoms with E-state index in [1.54, 1.807) is 0 Å². The van der Waals surface area contributed by atoms with Gasteiger partial charge in [0.25, 0.3) is 0 Å². The van der Waals surface area contributed by atoms with Crippen molar-refractivity contribution >= 4 is 15.9 Å². The number of alkyl halides is 1. The van der Waals surface area contributed by atoms with E-state index in [-0.39, 0.29) is 0 Å². The zero-order valence-corrected chi connectivity index (χ0v) is 14.3. The first kappa shape index (κ1) is 16.5. The highest BCUT2D eigenvalue weighted by molar-refractivity contribution is 9.09. The zero-order valence-electron chi connectivity index (χ0n) is 12.7. The first-order valence-electron chi connectivity index (χ1n) is 7.56. The average Bonchev–Trinajstić information content (AvgIpc) is 2.38. The highest BCUT2D eigenvalue weighted by atomic mass is 79.9. The molecule has 18 heavy (non-hydrogen) atoms. The number of piperazine rings is 1. The van der Waals surface area contributed by atoms with E-state index in [0.29, 0.717) is 5.41 Å². The van der Waals surface area contributed by atoms with Gasteiger partial charge in [0, 0.05) is 44.6 Å². The van der Waals surface area contributed by atoms with E-state index >= 15 is 0 Å². The van der Waals surface area contributed by atoms with Gasteiger partial charge in [-0.1, -0.05) is 43.6 Å². The van der Waals surface area contributed by atoms with E-state index in [4.69, 9.17) is 0 Å². The van der Waals surface area contributed by atoms with Gasteiger partial charge in [-0.05, 0) is 24.2 Å². The average molecular weight is 319 g/mol. The lowest BCUT2D eigenvalue weighted by Crippen LogP contribution is -2.50. The van der Waals surface area contributed by atoms with Gasteiger partial charge in [-0.2, -0.15) is 0 Å². The second-order valence-corrected chi connectivity index (χ2v) is 6.87. The summed E-state index contributed by atoms with van der Waals surface area (Å²) in [7, 11) is 0. The minimum Gasteiger partial charge on any atom is -0.301 e. The molecule has 0 atom stereocenters. The third-order valence-electron chi connectivity index (χ3n) is 4.43. The van der Waals surface area contributed by atoms with Gasteiger partial charge < -0.3 is 9.80 Å². The Labute approximate surface area is 122 Å². The standard InChI is InChI=1S/C15H31BrN2/c1-5-15(6-2,12-16)13-18-9-7-17(8-10-18)11-14(3)4/h14H,5-13H2,1-4H3. The Kier molecular flexibility index (Phi) is 7.19. The first-order chi connectivity index (χ1) is 8.55. The highest BCUT2D eigenvalue weighted by Crippen LogP contribution is 2.30. The van der Waals surface area contributed by atoms with Crippen LogP contribution in [0.3, 0.4) is 0 Å². The highest BCUT2D eigenvalue weighted by Gasteiger charge is 2.29. The predicted octanol–water partition coefficient (Wildman–Crippen LogP) is 3.46. The van der Waals surface area contributed by atoms with Crippen molar-refractivity contribution in [2.45, 2.75) is 40.5 Å². The summed E-state index contributed by atoms with van der Waals surface area (Å²) < 4.78 is 0. The normalized spacial score (nSPS) is 19.7. The van der Waals surface area contributed by atoms with E-state index in [1.165, 1.54) is 52.1 Å². The fourth-order valence-electron chi connectivity index (χ4n) is 2.83. The molecule has 0 unspecified atom stereocenters. The van der Waals surface area contributed by atoms with Crippen LogP contribution in [0.25, 0.3) is 0 Å². The van der Waals surface area contributed by atoms with Crippen molar-refractivity contribution in [3.8, 4) is 0 Å². The number of hydrogen-bond donors (Lipinski definition) is 0. The van der Waals surface area contributed by atoms with Gasteiger partial charge in [0.15, 0.2) is 0 Å². The molecule has 108 valence electrons. The molecule has 0 aromatic heterocycles.